The maximum absolute atomic E-state index is 14.4. The Hall–Kier alpha value is -4.49. The number of pyridine rings is 1. The van der Waals surface area contributed by atoms with Crippen LogP contribution in [-0.2, 0) is 10.0 Å². The van der Waals surface area contributed by atoms with E-state index in [1.807, 2.05) is 0 Å². The van der Waals surface area contributed by atoms with Crippen molar-refractivity contribution in [1.29, 1.82) is 0 Å². The molecule has 5 aromatic rings. The molecule has 0 fully saturated rings. The van der Waals surface area contributed by atoms with Gasteiger partial charge in [-0.25, -0.2) is 26.9 Å². The highest BCUT2D eigenvalue weighted by Crippen LogP contribution is 2.32. The Bertz CT molecular complexity index is 1870. The highest BCUT2D eigenvalue weighted by atomic mass is 35.5. The second-order valence-corrected chi connectivity index (χ2v) is 10.8. The van der Waals surface area contributed by atoms with Crippen molar-refractivity contribution in [2.75, 3.05) is 16.7 Å². The number of nitrogens with two attached hydrogens (primary N) is 1. The molecule has 2 aromatic carbocycles. The zero-order chi connectivity index (χ0) is 28.1. The van der Waals surface area contributed by atoms with E-state index in [1.165, 1.54) is 53.5 Å². The number of para-hydroxylation sites is 1. The number of hydrogen-bond donors (Lipinski definition) is 3. The van der Waals surface area contributed by atoms with E-state index in [2.05, 4.69) is 19.8 Å². The lowest BCUT2D eigenvalue weighted by Crippen LogP contribution is -2.10. The maximum atomic E-state index is 14.4. The van der Waals surface area contributed by atoms with Gasteiger partial charge in [0.25, 0.3) is 0 Å². The number of aryl methyl sites for hydroxylation is 1. The summed E-state index contributed by atoms with van der Waals surface area (Å²) in [6.45, 7) is 1.73. The van der Waals surface area contributed by atoms with E-state index in [0.29, 0.717) is 22.2 Å². The number of fused-ring (bicyclic) bond motifs is 1. The number of anilines is 2. The van der Waals surface area contributed by atoms with Crippen molar-refractivity contribution in [3.63, 3.8) is 0 Å². The number of nitrogens with zero attached hydrogens (tertiary/aromatic N) is 3. The number of ether oxygens (including phenoxy) is 1. The van der Waals surface area contributed by atoms with Gasteiger partial charge in [0.15, 0.2) is 11.6 Å². The van der Waals surface area contributed by atoms with Crippen LogP contribution in [0.25, 0.3) is 16.6 Å². The minimum Gasteiger partial charge on any atom is -0.434 e. The van der Waals surface area contributed by atoms with Crippen molar-refractivity contribution in [2.45, 2.75) is 6.92 Å². The second kappa shape index (κ2) is 9.67. The van der Waals surface area contributed by atoms with Crippen LogP contribution in [-0.4, -0.2) is 40.2 Å². The van der Waals surface area contributed by atoms with E-state index in [9.17, 15) is 22.0 Å². The smallest absolute Gasteiger partial charge is 0.229 e. The first kappa shape index (κ1) is 26.1. The predicted octanol–water partition coefficient (Wildman–Crippen LogP) is 4.97. The highest BCUT2D eigenvalue weighted by molar-refractivity contribution is 7.92. The Morgan fingerprint density at radius 2 is 1.92 bits per heavy atom. The van der Waals surface area contributed by atoms with Crippen LogP contribution in [0.1, 0.15) is 21.6 Å². The second-order valence-electron chi connectivity index (χ2n) is 8.62. The van der Waals surface area contributed by atoms with Crippen molar-refractivity contribution in [1.82, 2.24) is 19.7 Å². The summed E-state index contributed by atoms with van der Waals surface area (Å²) in [4.78, 5) is 20.3. The van der Waals surface area contributed by atoms with Crippen LogP contribution in [0.3, 0.4) is 0 Å². The van der Waals surface area contributed by atoms with Crippen molar-refractivity contribution in [2.24, 2.45) is 0 Å². The van der Waals surface area contributed by atoms with Gasteiger partial charge in [0, 0.05) is 17.0 Å². The Morgan fingerprint density at radius 1 is 1.15 bits per heavy atom. The van der Waals surface area contributed by atoms with Gasteiger partial charge in [-0.3, -0.25) is 9.52 Å². The first-order valence-electron chi connectivity index (χ1n) is 11.2. The molecule has 14 heteroatoms. The molecular formula is C25H19ClF2N6O4S. The monoisotopic (exact) mass is 572 g/mol. The van der Waals surface area contributed by atoms with Gasteiger partial charge in [-0.1, -0.05) is 17.7 Å². The largest absolute Gasteiger partial charge is 0.434 e. The van der Waals surface area contributed by atoms with Gasteiger partial charge < -0.3 is 15.5 Å². The molecule has 0 radical (unpaired) electrons. The molecule has 0 spiro atoms. The average Bonchev–Trinajstić information content (AvgIpc) is 3.44. The molecule has 5 rings (SSSR count). The van der Waals surface area contributed by atoms with Crippen molar-refractivity contribution >= 4 is 49.8 Å². The molecule has 0 aliphatic carbocycles. The fraction of sp³-hybridized carbons (Fsp3) is 0.0800. The van der Waals surface area contributed by atoms with Crippen LogP contribution < -0.4 is 15.2 Å². The third-order valence-electron chi connectivity index (χ3n) is 5.71. The van der Waals surface area contributed by atoms with Crippen molar-refractivity contribution in [3.05, 3.63) is 88.3 Å². The third-order valence-corrected chi connectivity index (χ3v) is 6.60. The van der Waals surface area contributed by atoms with E-state index in [-0.39, 0.29) is 39.4 Å². The Labute approximate surface area is 225 Å². The number of carbonyl (C=O) groups is 1. The zero-order valence-electron chi connectivity index (χ0n) is 20.3. The fourth-order valence-corrected chi connectivity index (χ4v) is 4.67. The number of aromatic amines is 1. The van der Waals surface area contributed by atoms with Gasteiger partial charge >= 0.3 is 0 Å². The molecule has 0 aliphatic rings. The fourth-order valence-electron chi connectivity index (χ4n) is 3.91. The number of rotatable bonds is 7. The number of H-pyrrole nitrogens is 1. The van der Waals surface area contributed by atoms with Gasteiger partial charge in [0.05, 0.1) is 46.3 Å². The van der Waals surface area contributed by atoms with E-state index in [4.69, 9.17) is 22.1 Å². The van der Waals surface area contributed by atoms with Gasteiger partial charge in [0.1, 0.15) is 11.6 Å². The standard InChI is InChI=1S/C25H19ClF2N6O4S/c1-12-6-22(38-24-15(26)4-3-5-16(24)27)30-11-21(12)34-25(29)14(10-31-34)23(35)20-8-13-7-17(28)19(9-18(13)32-20)33-39(2,36)37/h3-11,32-33H,29H2,1-2H3. The molecule has 200 valence electrons. The molecule has 3 heterocycles. The summed E-state index contributed by atoms with van der Waals surface area (Å²) in [7, 11) is -3.71. The number of aromatic nitrogens is 4. The minimum atomic E-state index is -3.71. The van der Waals surface area contributed by atoms with Crippen molar-refractivity contribution in [3.8, 4) is 17.3 Å². The first-order chi connectivity index (χ1) is 18.4. The summed E-state index contributed by atoms with van der Waals surface area (Å²) in [5.41, 5.74) is 7.53. The van der Waals surface area contributed by atoms with E-state index >= 15 is 0 Å². The summed E-state index contributed by atoms with van der Waals surface area (Å²) in [6.07, 6.45) is 3.58. The Balaban J connectivity index is 1.43. The summed E-state index contributed by atoms with van der Waals surface area (Å²) >= 11 is 6.01. The normalized spacial score (nSPS) is 11.6. The zero-order valence-corrected chi connectivity index (χ0v) is 21.9. The van der Waals surface area contributed by atoms with Crippen LogP contribution >= 0.6 is 11.6 Å². The lowest BCUT2D eigenvalue weighted by molar-refractivity contribution is 0.103. The number of hydrogen-bond acceptors (Lipinski definition) is 7. The molecular weight excluding hydrogens is 554 g/mol. The first-order valence-corrected chi connectivity index (χ1v) is 13.5. The molecule has 0 unspecified atom stereocenters. The van der Waals surface area contributed by atoms with E-state index in [1.54, 1.807) is 6.92 Å². The summed E-state index contributed by atoms with van der Waals surface area (Å²) in [6, 6.07) is 9.47. The number of halogens is 3. The minimum absolute atomic E-state index is 0.0139. The van der Waals surface area contributed by atoms with Crippen LogP contribution in [0, 0.1) is 18.6 Å². The molecule has 0 atom stereocenters. The number of nitrogen functional groups attached to an aromatic ring is 1. The third kappa shape index (κ3) is 5.13. The predicted molar refractivity (Wildman–Crippen MR) is 142 cm³/mol. The summed E-state index contributed by atoms with van der Waals surface area (Å²) < 4.78 is 60.4. The maximum Gasteiger partial charge on any atom is 0.229 e. The molecule has 0 amide bonds. The Morgan fingerprint density at radius 3 is 2.62 bits per heavy atom. The number of ketones is 1. The average molecular weight is 573 g/mol. The van der Waals surface area contributed by atoms with Crippen LogP contribution in [0.5, 0.6) is 11.6 Å². The number of benzene rings is 2. The van der Waals surface area contributed by atoms with E-state index in [0.717, 1.165) is 12.3 Å². The molecule has 0 saturated heterocycles. The lowest BCUT2D eigenvalue weighted by atomic mass is 10.1. The molecule has 0 aliphatic heterocycles. The van der Waals surface area contributed by atoms with Crippen molar-refractivity contribution < 1.29 is 26.7 Å². The topological polar surface area (TPSA) is 145 Å². The molecule has 0 saturated carbocycles. The van der Waals surface area contributed by atoms with Gasteiger partial charge in [-0.05, 0) is 42.8 Å². The van der Waals surface area contributed by atoms with Gasteiger partial charge in [-0.15, -0.1) is 0 Å². The Kier molecular flexibility index (Phi) is 6.48. The quantitative estimate of drug-likeness (QED) is 0.234. The molecule has 10 nitrogen and oxygen atoms in total. The molecule has 4 N–H and O–H groups in total. The number of sulfonamides is 1. The summed E-state index contributed by atoms with van der Waals surface area (Å²) in [5.74, 6) is -2.03. The number of nitrogens with one attached hydrogen (secondary N) is 2. The van der Waals surface area contributed by atoms with Crippen LogP contribution in [0.4, 0.5) is 20.3 Å². The van der Waals surface area contributed by atoms with Crippen LogP contribution in [0.2, 0.25) is 5.02 Å². The molecule has 0 bridgehead atoms. The van der Waals surface area contributed by atoms with Gasteiger partial charge in [-0.2, -0.15) is 5.10 Å². The summed E-state index contributed by atoms with van der Waals surface area (Å²) in [5, 5.41) is 4.65. The molecule has 39 heavy (non-hydrogen) atoms. The number of carbonyl (C=O) groups excluding carboxylic acids is 1. The highest BCUT2D eigenvalue weighted by Gasteiger charge is 2.22. The molecule has 3 aromatic heterocycles. The van der Waals surface area contributed by atoms with Crippen LogP contribution in [0.15, 0.2) is 54.9 Å². The van der Waals surface area contributed by atoms with E-state index < -0.39 is 27.4 Å². The van der Waals surface area contributed by atoms with Gasteiger partial charge in [0.2, 0.25) is 21.7 Å². The lowest BCUT2D eigenvalue weighted by Gasteiger charge is -2.11. The SMILES string of the molecule is Cc1cc(Oc2c(F)cccc2Cl)ncc1-n1ncc(C(=O)c2cc3cc(F)c(NS(C)(=O)=O)cc3[nH]2)c1N.